The van der Waals surface area contributed by atoms with E-state index in [2.05, 4.69) is 20.1 Å². The molecule has 0 unspecified atom stereocenters. The number of fused-ring (bicyclic) bond motifs is 1. The fourth-order valence-corrected chi connectivity index (χ4v) is 3.66. The van der Waals surface area contributed by atoms with Crippen LogP contribution in [0.25, 0.3) is 5.78 Å². The molecule has 1 aliphatic heterocycles. The van der Waals surface area contributed by atoms with Crippen LogP contribution in [0.5, 0.6) is 5.75 Å². The first kappa shape index (κ1) is 19.2. The van der Waals surface area contributed by atoms with Crippen LogP contribution in [0.15, 0.2) is 30.7 Å². The number of nitrogens with zero attached hydrogens (tertiary/aromatic N) is 6. The van der Waals surface area contributed by atoms with E-state index in [-0.39, 0.29) is 29.2 Å². The number of pyridine rings is 1. The van der Waals surface area contributed by atoms with E-state index in [1.807, 2.05) is 6.92 Å². The van der Waals surface area contributed by atoms with E-state index in [0.717, 1.165) is 6.42 Å². The zero-order chi connectivity index (χ0) is 20.5. The number of methoxy groups -OCH3 is 1. The number of halogens is 2. The third-order valence-corrected chi connectivity index (χ3v) is 5.34. The zero-order valence-corrected chi connectivity index (χ0v) is 16.0. The number of hydrogen-bond acceptors (Lipinski definition) is 6. The minimum absolute atomic E-state index is 0.130. The summed E-state index contributed by atoms with van der Waals surface area (Å²) in [5.74, 6) is 0.475. The molecular weight excluding hydrogens is 382 g/mol. The number of amides is 1. The van der Waals surface area contributed by atoms with Gasteiger partial charge in [-0.2, -0.15) is 10.1 Å². The van der Waals surface area contributed by atoms with Gasteiger partial charge in [0.15, 0.2) is 0 Å². The Bertz CT molecular complexity index is 1020. The van der Waals surface area contributed by atoms with Gasteiger partial charge < -0.3 is 9.64 Å². The van der Waals surface area contributed by atoms with Crippen molar-refractivity contribution in [3.8, 4) is 5.75 Å². The van der Waals surface area contributed by atoms with Gasteiger partial charge in [0.05, 0.1) is 19.0 Å². The van der Waals surface area contributed by atoms with Crippen molar-refractivity contribution in [2.24, 2.45) is 5.92 Å². The number of aromatic nitrogens is 5. The summed E-state index contributed by atoms with van der Waals surface area (Å²) < 4.78 is 33.2. The van der Waals surface area contributed by atoms with Crippen LogP contribution < -0.4 is 4.74 Å². The van der Waals surface area contributed by atoms with Crippen molar-refractivity contribution in [3.63, 3.8) is 0 Å². The summed E-state index contributed by atoms with van der Waals surface area (Å²) in [5.41, 5.74) is 0.552. The first-order chi connectivity index (χ1) is 14.0. The second kappa shape index (κ2) is 7.69. The summed E-state index contributed by atoms with van der Waals surface area (Å²) >= 11 is 0. The SMILES string of the molecule is COc1ccc(C(=O)N2CC[C@@H](C)[C@H](c3cc(C(F)F)nc4ncnn34)C2)nc1. The Balaban J connectivity index is 1.65. The highest BCUT2D eigenvalue weighted by Gasteiger charge is 2.33. The predicted molar refractivity (Wildman–Crippen MR) is 99.0 cm³/mol. The highest BCUT2D eigenvalue weighted by Crippen LogP contribution is 2.34. The lowest BCUT2D eigenvalue weighted by Gasteiger charge is -2.37. The molecule has 0 aliphatic carbocycles. The van der Waals surface area contributed by atoms with Gasteiger partial charge >= 0.3 is 0 Å². The normalized spacial score (nSPS) is 19.7. The number of carbonyl (C=O) groups excluding carboxylic acids is 1. The van der Waals surface area contributed by atoms with Gasteiger partial charge in [-0.05, 0) is 30.5 Å². The van der Waals surface area contributed by atoms with Crippen LogP contribution in [0, 0.1) is 5.92 Å². The molecule has 29 heavy (non-hydrogen) atoms. The van der Waals surface area contributed by atoms with E-state index in [1.165, 1.54) is 30.2 Å². The molecule has 0 saturated carbocycles. The fourth-order valence-electron chi connectivity index (χ4n) is 3.66. The molecule has 0 radical (unpaired) electrons. The second-order valence-electron chi connectivity index (χ2n) is 7.09. The maximum absolute atomic E-state index is 13.3. The molecule has 0 spiro atoms. The third kappa shape index (κ3) is 3.62. The lowest BCUT2D eigenvalue weighted by molar-refractivity contribution is 0.0659. The van der Waals surface area contributed by atoms with Gasteiger partial charge in [0.1, 0.15) is 23.5 Å². The summed E-state index contributed by atoms with van der Waals surface area (Å²) in [5, 5.41) is 4.14. The Labute approximate surface area is 165 Å². The van der Waals surface area contributed by atoms with Crippen molar-refractivity contribution in [2.45, 2.75) is 25.7 Å². The molecule has 3 aromatic heterocycles. The lowest BCUT2D eigenvalue weighted by Crippen LogP contribution is -2.43. The van der Waals surface area contributed by atoms with Gasteiger partial charge in [0.25, 0.3) is 18.1 Å². The highest BCUT2D eigenvalue weighted by molar-refractivity contribution is 5.92. The summed E-state index contributed by atoms with van der Waals surface area (Å²) in [4.78, 5) is 26.6. The molecule has 0 N–H and O–H groups in total. The average Bonchev–Trinajstić information content (AvgIpc) is 3.22. The van der Waals surface area contributed by atoms with Crippen molar-refractivity contribution in [3.05, 3.63) is 47.8 Å². The van der Waals surface area contributed by atoms with Crippen LogP contribution >= 0.6 is 0 Å². The van der Waals surface area contributed by atoms with Crippen LogP contribution in [0.2, 0.25) is 0 Å². The summed E-state index contributed by atoms with van der Waals surface area (Å²) in [6.45, 7) is 2.98. The molecular formula is C19H20F2N6O2. The van der Waals surface area contributed by atoms with Gasteiger partial charge in [-0.15, -0.1) is 0 Å². The number of rotatable bonds is 4. The topological polar surface area (TPSA) is 85.5 Å². The smallest absolute Gasteiger partial charge is 0.280 e. The van der Waals surface area contributed by atoms with E-state index in [9.17, 15) is 13.6 Å². The van der Waals surface area contributed by atoms with Gasteiger partial charge in [0, 0.05) is 19.0 Å². The standard InChI is InChI=1S/C19H20F2N6O2/c1-11-5-6-26(18(28)14-4-3-12(29-2)8-22-14)9-13(11)16-7-15(17(20)21)25-19-23-10-24-27(16)19/h3-4,7-8,10-11,13,17H,5-6,9H2,1-2H3/t11-,13-/m1/s1. The molecule has 0 bridgehead atoms. The average molecular weight is 402 g/mol. The minimum atomic E-state index is -2.71. The van der Waals surface area contributed by atoms with Crippen molar-refractivity contribution in [1.29, 1.82) is 0 Å². The minimum Gasteiger partial charge on any atom is -0.495 e. The molecule has 3 aromatic rings. The van der Waals surface area contributed by atoms with Crippen molar-refractivity contribution >= 4 is 11.7 Å². The Morgan fingerprint density at radius 1 is 1.31 bits per heavy atom. The predicted octanol–water partition coefficient (Wildman–Crippen LogP) is 2.73. The number of alkyl halides is 2. The van der Waals surface area contributed by atoms with Gasteiger partial charge in [-0.3, -0.25) is 4.79 Å². The Hall–Kier alpha value is -3.17. The van der Waals surface area contributed by atoms with Gasteiger partial charge in [-0.25, -0.2) is 23.3 Å². The van der Waals surface area contributed by atoms with Crippen LogP contribution in [-0.4, -0.2) is 55.6 Å². The van der Waals surface area contributed by atoms with Crippen LogP contribution in [0.4, 0.5) is 8.78 Å². The number of likely N-dealkylation sites (tertiary alicyclic amines) is 1. The maximum Gasteiger partial charge on any atom is 0.280 e. The quantitative estimate of drug-likeness (QED) is 0.667. The molecule has 152 valence electrons. The lowest BCUT2D eigenvalue weighted by atomic mass is 9.84. The number of hydrogen-bond donors (Lipinski definition) is 0. The van der Waals surface area contributed by atoms with Gasteiger partial charge in [0.2, 0.25) is 0 Å². The molecule has 1 amide bonds. The van der Waals surface area contributed by atoms with Crippen molar-refractivity contribution in [1.82, 2.24) is 29.5 Å². The zero-order valence-electron chi connectivity index (χ0n) is 16.0. The maximum atomic E-state index is 13.3. The molecule has 4 rings (SSSR count). The molecule has 2 atom stereocenters. The molecule has 10 heteroatoms. The first-order valence-electron chi connectivity index (χ1n) is 9.26. The Kier molecular flexibility index (Phi) is 5.08. The van der Waals surface area contributed by atoms with E-state index in [1.54, 1.807) is 17.0 Å². The number of piperidine rings is 1. The van der Waals surface area contributed by atoms with Crippen molar-refractivity contribution < 1.29 is 18.3 Å². The van der Waals surface area contributed by atoms with E-state index < -0.39 is 6.43 Å². The van der Waals surface area contributed by atoms with E-state index >= 15 is 0 Å². The van der Waals surface area contributed by atoms with Crippen molar-refractivity contribution in [2.75, 3.05) is 20.2 Å². The van der Waals surface area contributed by atoms with E-state index in [0.29, 0.717) is 30.2 Å². The summed E-state index contributed by atoms with van der Waals surface area (Å²) in [6.07, 6.45) is 0.803. The number of ether oxygens (including phenoxy) is 1. The summed E-state index contributed by atoms with van der Waals surface area (Å²) in [7, 11) is 1.53. The first-order valence-corrected chi connectivity index (χ1v) is 9.26. The molecule has 1 saturated heterocycles. The Morgan fingerprint density at radius 3 is 2.83 bits per heavy atom. The largest absolute Gasteiger partial charge is 0.495 e. The molecule has 0 aromatic carbocycles. The van der Waals surface area contributed by atoms with Gasteiger partial charge in [-0.1, -0.05) is 6.92 Å². The molecule has 1 fully saturated rings. The summed E-state index contributed by atoms with van der Waals surface area (Å²) in [6, 6.07) is 4.67. The second-order valence-corrected chi connectivity index (χ2v) is 7.09. The molecule has 4 heterocycles. The third-order valence-electron chi connectivity index (χ3n) is 5.34. The monoisotopic (exact) mass is 402 g/mol. The van der Waals surface area contributed by atoms with Crippen LogP contribution in [0.1, 0.15) is 47.6 Å². The van der Waals surface area contributed by atoms with Crippen LogP contribution in [-0.2, 0) is 0 Å². The number of carbonyl (C=O) groups is 1. The fraction of sp³-hybridized carbons (Fsp3) is 0.421. The molecule has 1 aliphatic rings. The van der Waals surface area contributed by atoms with E-state index in [4.69, 9.17) is 4.74 Å². The highest BCUT2D eigenvalue weighted by atomic mass is 19.3. The Morgan fingerprint density at radius 2 is 2.14 bits per heavy atom. The van der Waals surface area contributed by atoms with Crippen LogP contribution in [0.3, 0.4) is 0 Å². The molecule has 8 nitrogen and oxygen atoms in total.